The molecule has 1 N–H and O–H groups in total. The van der Waals surface area contributed by atoms with Gasteiger partial charge in [-0.1, -0.05) is 29.8 Å². The van der Waals surface area contributed by atoms with Crippen LogP contribution in [0.3, 0.4) is 0 Å². The van der Waals surface area contributed by atoms with Crippen LogP contribution in [0.4, 0.5) is 0 Å². The number of aryl methyl sites for hydroxylation is 1. The fourth-order valence-corrected chi connectivity index (χ4v) is 2.26. The van der Waals surface area contributed by atoms with Gasteiger partial charge >= 0.3 is 0 Å². The van der Waals surface area contributed by atoms with Gasteiger partial charge in [0.25, 0.3) is 0 Å². The topological polar surface area (TPSA) is 52.7 Å². The molecule has 1 aromatic carbocycles. The monoisotopic (exact) mass is 289 g/mol. The molecule has 0 unspecified atom stereocenters. The molecular weight excluding hydrogens is 266 g/mol. The summed E-state index contributed by atoms with van der Waals surface area (Å²) in [6, 6.07) is 7.46. The summed E-state index contributed by atoms with van der Waals surface area (Å²) in [4.78, 5) is 26.1. The highest BCUT2D eigenvalue weighted by molar-refractivity contribution is 5.97. The molecule has 1 fully saturated rings. The average Bonchev–Trinajstić information content (AvgIpc) is 2.48. The van der Waals surface area contributed by atoms with Gasteiger partial charge in [0.15, 0.2) is 5.78 Å². The fraction of sp³-hybridized carbons (Fsp3) is 0.500. The molecule has 21 heavy (non-hydrogen) atoms. The lowest BCUT2D eigenvalue weighted by Gasteiger charge is -2.32. The van der Waals surface area contributed by atoms with Crippen molar-refractivity contribution in [2.24, 2.45) is 0 Å². The zero-order valence-corrected chi connectivity index (χ0v) is 12.8. The van der Waals surface area contributed by atoms with Crippen LogP contribution in [0.15, 0.2) is 24.3 Å². The van der Waals surface area contributed by atoms with E-state index in [1.165, 1.54) is 0 Å². The zero-order chi connectivity index (χ0) is 15.2. The molecule has 5 nitrogen and oxygen atoms in total. The Balaban J connectivity index is 1.73. The van der Waals surface area contributed by atoms with E-state index in [-0.39, 0.29) is 24.5 Å². The number of hydrazine groups is 1. The number of amides is 1. The highest BCUT2D eigenvalue weighted by Crippen LogP contribution is 2.07. The van der Waals surface area contributed by atoms with Crippen LogP contribution < -0.4 is 5.43 Å². The molecule has 2 rings (SSSR count). The SMILES string of the molecule is Cc1ccc(C(=O)CCC(=O)NN2CCN(C)CC2)cc1. The van der Waals surface area contributed by atoms with Crippen molar-refractivity contribution in [1.29, 1.82) is 0 Å². The van der Waals surface area contributed by atoms with Gasteiger partial charge in [-0.2, -0.15) is 0 Å². The molecule has 0 aromatic heterocycles. The van der Waals surface area contributed by atoms with Crippen molar-refractivity contribution in [3.8, 4) is 0 Å². The first-order chi connectivity index (χ1) is 10.0. The second kappa shape index (κ2) is 7.33. The van der Waals surface area contributed by atoms with Crippen molar-refractivity contribution < 1.29 is 9.59 Å². The molecule has 0 radical (unpaired) electrons. The number of carbonyl (C=O) groups excluding carboxylic acids is 2. The summed E-state index contributed by atoms with van der Waals surface area (Å²) >= 11 is 0. The summed E-state index contributed by atoms with van der Waals surface area (Å²) in [5, 5.41) is 1.93. The van der Waals surface area contributed by atoms with Crippen molar-refractivity contribution >= 4 is 11.7 Å². The van der Waals surface area contributed by atoms with E-state index >= 15 is 0 Å². The number of hydrogen-bond donors (Lipinski definition) is 1. The second-order valence-electron chi connectivity index (χ2n) is 5.61. The Hall–Kier alpha value is -1.72. The van der Waals surface area contributed by atoms with Gasteiger partial charge in [-0.15, -0.1) is 0 Å². The van der Waals surface area contributed by atoms with Gasteiger partial charge < -0.3 is 4.90 Å². The van der Waals surface area contributed by atoms with Crippen LogP contribution in [-0.2, 0) is 4.79 Å². The van der Waals surface area contributed by atoms with Crippen LogP contribution in [0.2, 0.25) is 0 Å². The first kappa shape index (κ1) is 15.7. The van der Waals surface area contributed by atoms with E-state index in [0.717, 1.165) is 31.7 Å². The van der Waals surface area contributed by atoms with E-state index in [1.54, 1.807) is 0 Å². The number of ketones is 1. The fourth-order valence-electron chi connectivity index (χ4n) is 2.26. The summed E-state index contributed by atoms with van der Waals surface area (Å²) in [5.41, 5.74) is 4.67. The number of piperazine rings is 1. The van der Waals surface area contributed by atoms with Gasteiger partial charge in [0.05, 0.1) is 0 Å². The number of rotatable bonds is 5. The maximum Gasteiger partial charge on any atom is 0.234 e. The van der Waals surface area contributed by atoms with E-state index in [1.807, 2.05) is 36.2 Å². The number of nitrogens with zero attached hydrogens (tertiary/aromatic N) is 2. The third-order valence-corrected chi connectivity index (χ3v) is 3.74. The molecule has 0 saturated carbocycles. The lowest BCUT2D eigenvalue weighted by Crippen LogP contribution is -2.52. The van der Waals surface area contributed by atoms with Crippen LogP contribution in [0, 0.1) is 6.92 Å². The molecule has 1 heterocycles. The zero-order valence-electron chi connectivity index (χ0n) is 12.8. The number of carbonyl (C=O) groups is 2. The summed E-state index contributed by atoms with van der Waals surface area (Å²) in [6.07, 6.45) is 0.488. The first-order valence-corrected chi connectivity index (χ1v) is 7.37. The van der Waals surface area contributed by atoms with E-state index < -0.39 is 0 Å². The van der Waals surface area contributed by atoms with Crippen LogP contribution in [0.25, 0.3) is 0 Å². The smallest absolute Gasteiger partial charge is 0.234 e. The average molecular weight is 289 g/mol. The van der Waals surface area contributed by atoms with Crippen LogP contribution in [0.1, 0.15) is 28.8 Å². The summed E-state index contributed by atoms with van der Waals surface area (Å²) in [5.74, 6) is -0.0662. The summed E-state index contributed by atoms with van der Waals surface area (Å²) < 4.78 is 0. The maximum absolute atomic E-state index is 12.0. The molecule has 0 atom stereocenters. The first-order valence-electron chi connectivity index (χ1n) is 7.37. The third kappa shape index (κ3) is 4.95. The summed E-state index contributed by atoms with van der Waals surface area (Å²) in [7, 11) is 2.07. The molecule has 1 aliphatic heterocycles. The molecule has 114 valence electrons. The molecule has 0 spiro atoms. The van der Waals surface area contributed by atoms with Gasteiger partial charge in [-0.05, 0) is 14.0 Å². The van der Waals surface area contributed by atoms with E-state index in [9.17, 15) is 9.59 Å². The van der Waals surface area contributed by atoms with Crippen molar-refractivity contribution in [2.45, 2.75) is 19.8 Å². The molecule has 0 aliphatic carbocycles. The quantitative estimate of drug-likeness (QED) is 0.829. The molecule has 1 saturated heterocycles. The largest absolute Gasteiger partial charge is 0.304 e. The maximum atomic E-state index is 12.0. The van der Waals surface area contributed by atoms with Crippen molar-refractivity contribution in [2.75, 3.05) is 33.2 Å². The second-order valence-corrected chi connectivity index (χ2v) is 5.61. The minimum atomic E-state index is -0.0833. The van der Waals surface area contributed by atoms with Crippen molar-refractivity contribution in [3.63, 3.8) is 0 Å². The molecule has 1 aromatic rings. The number of nitrogens with one attached hydrogen (secondary N) is 1. The molecule has 0 bridgehead atoms. The van der Waals surface area contributed by atoms with Gasteiger partial charge in [0.2, 0.25) is 5.91 Å². The number of hydrogen-bond acceptors (Lipinski definition) is 4. The minimum Gasteiger partial charge on any atom is -0.304 e. The third-order valence-electron chi connectivity index (χ3n) is 3.74. The Labute approximate surface area is 125 Å². The van der Waals surface area contributed by atoms with E-state index in [4.69, 9.17) is 0 Å². The Morgan fingerprint density at radius 2 is 1.67 bits per heavy atom. The predicted molar refractivity (Wildman–Crippen MR) is 82.0 cm³/mol. The van der Waals surface area contributed by atoms with Gasteiger partial charge in [-0.3, -0.25) is 15.0 Å². The molecule has 1 aliphatic rings. The van der Waals surface area contributed by atoms with Crippen LogP contribution in [0.5, 0.6) is 0 Å². The molecule has 5 heteroatoms. The summed E-state index contributed by atoms with van der Waals surface area (Å²) in [6.45, 7) is 5.53. The standard InChI is InChI=1S/C16H23N3O2/c1-13-3-5-14(6-4-13)15(20)7-8-16(21)17-19-11-9-18(2)10-12-19/h3-6H,7-12H2,1-2H3,(H,17,21). The Morgan fingerprint density at radius 1 is 1.05 bits per heavy atom. The van der Waals surface area contributed by atoms with Crippen LogP contribution >= 0.6 is 0 Å². The minimum absolute atomic E-state index is 0.0172. The van der Waals surface area contributed by atoms with Gasteiger partial charge in [-0.25, -0.2) is 5.01 Å². The lowest BCUT2D eigenvalue weighted by molar-refractivity contribution is -0.126. The van der Waals surface area contributed by atoms with E-state index in [0.29, 0.717) is 5.56 Å². The van der Waals surface area contributed by atoms with Crippen LogP contribution in [-0.4, -0.2) is 54.8 Å². The Kier molecular flexibility index (Phi) is 5.47. The number of likely N-dealkylation sites (N-methyl/N-ethyl adjacent to an activating group) is 1. The number of Topliss-reactive ketones (excluding diaryl/α,β-unsaturated/α-hetero) is 1. The predicted octanol–water partition coefficient (Wildman–Crippen LogP) is 1.24. The number of benzene rings is 1. The molecule has 1 amide bonds. The molecular formula is C16H23N3O2. The highest BCUT2D eigenvalue weighted by atomic mass is 16.2. The highest BCUT2D eigenvalue weighted by Gasteiger charge is 2.16. The van der Waals surface area contributed by atoms with E-state index in [2.05, 4.69) is 17.4 Å². The van der Waals surface area contributed by atoms with Gasteiger partial charge in [0.1, 0.15) is 0 Å². The van der Waals surface area contributed by atoms with Gasteiger partial charge in [0, 0.05) is 44.6 Å². The Morgan fingerprint density at radius 3 is 2.29 bits per heavy atom. The van der Waals surface area contributed by atoms with Crippen molar-refractivity contribution in [3.05, 3.63) is 35.4 Å². The van der Waals surface area contributed by atoms with Crippen molar-refractivity contribution in [1.82, 2.24) is 15.3 Å². The lowest BCUT2D eigenvalue weighted by atomic mass is 10.1. The normalized spacial score (nSPS) is 16.7. The Bertz CT molecular complexity index is 491.